The molecule has 0 aliphatic heterocycles. The molecule has 6 nitrogen and oxygen atoms in total. The maximum absolute atomic E-state index is 12.9. The summed E-state index contributed by atoms with van der Waals surface area (Å²) in [6, 6.07) is 11.1. The monoisotopic (exact) mass is 402 g/mol. The Labute approximate surface area is 164 Å². The van der Waals surface area contributed by atoms with E-state index in [1.807, 2.05) is 0 Å². The van der Waals surface area contributed by atoms with Gasteiger partial charge in [0.2, 0.25) is 5.88 Å². The number of rotatable bonds is 6. The number of methoxy groups -OCH3 is 1. The number of hydrogen-bond acceptors (Lipinski definition) is 5. The molecule has 0 bridgehead atoms. The topological polar surface area (TPSA) is 76.1 Å². The average molecular weight is 402 g/mol. The molecule has 1 amide bonds. The summed E-state index contributed by atoms with van der Waals surface area (Å²) in [6.45, 7) is 0.347. The van der Waals surface area contributed by atoms with Crippen LogP contribution in [0.1, 0.15) is 21.5 Å². The van der Waals surface area contributed by atoms with E-state index >= 15 is 0 Å². The maximum atomic E-state index is 12.9. The van der Waals surface area contributed by atoms with Gasteiger partial charge in [-0.05, 0) is 42.0 Å². The molecule has 9 heteroatoms. The second-order valence-electron chi connectivity index (χ2n) is 5.99. The van der Waals surface area contributed by atoms with Crippen LogP contribution < -0.4 is 15.4 Å². The van der Waals surface area contributed by atoms with E-state index in [9.17, 15) is 18.0 Å². The first-order chi connectivity index (χ1) is 13.9. The van der Waals surface area contributed by atoms with E-state index in [0.717, 1.165) is 17.7 Å². The van der Waals surface area contributed by atoms with Crippen LogP contribution >= 0.6 is 0 Å². The number of benzene rings is 1. The predicted octanol–water partition coefficient (Wildman–Crippen LogP) is 4.37. The summed E-state index contributed by atoms with van der Waals surface area (Å²) in [6.07, 6.45) is -1.39. The zero-order valence-electron chi connectivity index (χ0n) is 15.3. The molecule has 29 heavy (non-hydrogen) atoms. The lowest BCUT2D eigenvalue weighted by molar-refractivity contribution is -0.137. The van der Waals surface area contributed by atoms with Gasteiger partial charge in [0.15, 0.2) is 0 Å². The van der Waals surface area contributed by atoms with Crippen LogP contribution in [0.4, 0.5) is 24.7 Å². The van der Waals surface area contributed by atoms with Crippen LogP contribution in [0, 0.1) is 0 Å². The Morgan fingerprint density at radius 2 is 1.90 bits per heavy atom. The van der Waals surface area contributed by atoms with E-state index in [4.69, 9.17) is 4.74 Å². The highest BCUT2D eigenvalue weighted by atomic mass is 19.4. The van der Waals surface area contributed by atoms with Crippen LogP contribution in [0.3, 0.4) is 0 Å². The van der Waals surface area contributed by atoms with Gasteiger partial charge in [0.25, 0.3) is 5.91 Å². The molecule has 0 spiro atoms. The van der Waals surface area contributed by atoms with E-state index in [2.05, 4.69) is 20.6 Å². The van der Waals surface area contributed by atoms with Crippen molar-refractivity contribution in [3.05, 3.63) is 77.6 Å². The lowest BCUT2D eigenvalue weighted by Gasteiger charge is -2.13. The number of nitrogens with zero attached hydrogens (tertiary/aromatic N) is 2. The van der Waals surface area contributed by atoms with Gasteiger partial charge in [-0.1, -0.05) is 6.07 Å². The van der Waals surface area contributed by atoms with Crippen LogP contribution in [-0.4, -0.2) is 23.0 Å². The average Bonchev–Trinajstić information content (AvgIpc) is 2.72. The van der Waals surface area contributed by atoms with Crippen molar-refractivity contribution in [3.8, 4) is 5.88 Å². The Bertz CT molecular complexity index is 1010. The number of pyridine rings is 2. The Morgan fingerprint density at radius 1 is 1.07 bits per heavy atom. The third-order valence-corrected chi connectivity index (χ3v) is 3.97. The smallest absolute Gasteiger partial charge is 0.416 e. The lowest BCUT2D eigenvalue weighted by Crippen LogP contribution is -2.16. The van der Waals surface area contributed by atoms with Crippen molar-refractivity contribution < 1.29 is 22.7 Å². The molecule has 0 aliphatic carbocycles. The van der Waals surface area contributed by atoms with Gasteiger partial charge in [-0.15, -0.1) is 0 Å². The van der Waals surface area contributed by atoms with Gasteiger partial charge >= 0.3 is 6.18 Å². The number of anilines is 2. The van der Waals surface area contributed by atoms with E-state index in [1.54, 1.807) is 24.4 Å². The van der Waals surface area contributed by atoms with E-state index in [-0.39, 0.29) is 11.3 Å². The molecule has 0 radical (unpaired) electrons. The highest BCUT2D eigenvalue weighted by molar-refractivity contribution is 6.07. The quantitative estimate of drug-likeness (QED) is 0.640. The van der Waals surface area contributed by atoms with Crippen molar-refractivity contribution in [1.29, 1.82) is 0 Å². The zero-order valence-corrected chi connectivity index (χ0v) is 15.3. The van der Waals surface area contributed by atoms with Gasteiger partial charge in [0, 0.05) is 30.7 Å². The highest BCUT2D eigenvalue weighted by Crippen LogP contribution is 2.30. The summed E-state index contributed by atoms with van der Waals surface area (Å²) in [7, 11) is 1.51. The summed E-state index contributed by atoms with van der Waals surface area (Å²) >= 11 is 0. The van der Waals surface area contributed by atoms with Gasteiger partial charge < -0.3 is 15.4 Å². The van der Waals surface area contributed by atoms with Crippen LogP contribution in [0.25, 0.3) is 0 Å². The summed E-state index contributed by atoms with van der Waals surface area (Å²) in [5, 5.41) is 5.53. The van der Waals surface area contributed by atoms with E-state index in [1.165, 1.54) is 31.5 Å². The number of nitrogens with one attached hydrogen (secondary N) is 2. The Kier molecular flexibility index (Phi) is 5.96. The van der Waals surface area contributed by atoms with Crippen molar-refractivity contribution >= 4 is 17.4 Å². The molecule has 2 heterocycles. The third kappa shape index (κ3) is 5.22. The molecule has 0 fully saturated rings. The summed E-state index contributed by atoms with van der Waals surface area (Å²) < 4.78 is 43.7. The molecular formula is C20H17F3N4O2. The van der Waals surface area contributed by atoms with E-state index < -0.39 is 17.6 Å². The molecule has 0 atom stereocenters. The molecule has 3 rings (SSSR count). The van der Waals surface area contributed by atoms with Gasteiger partial charge in [-0.3, -0.25) is 4.79 Å². The molecule has 150 valence electrons. The molecule has 0 saturated carbocycles. The van der Waals surface area contributed by atoms with Crippen molar-refractivity contribution in [1.82, 2.24) is 9.97 Å². The summed E-state index contributed by atoms with van der Waals surface area (Å²) in [5.74, 6) is 0.174. The standard InChI is InChI=1S/C20H17F3N4O2/c1-29-17-10-13(7-9-24-17)12-26-18-16(6-3-8-25-18)19(28)27-15-5-2-4-14(11-15)20(21,22)23/h2-11H,12H2,1H3,(H,25,26)(H,27,28). The number of halogens is 3. The van der Waals surface area contributed by atoms with Crippen LogP contribution in [0.2, 0.25) is 0 Å². The number of carbonyl (C=O) groups is 1. The number of carbonyl (C=O) groups excluding carboxylic acids is 1. The third-order valence-electron chi connectivity index (χ3n) is 3.97. The molecule has 0 saturated heterocycles. The van der Waals surface area contributed by atoms with Gasteiger partial charge in [-0.2, -0.15) is 13.2 Å². The number of ether oxygens (including phenoxy) is 1. The molecule has 2 aromatic heterocycles. The Balaban J connectivity index is 1.75. The molecule has 3 aromatic rings. The minimum Gasteiger partial charge on any atom is -0.481 e. The fourth-order valence-electron chi connectivity index (χ4n) is 2.56. The number of hydrogen-bond donors (Lipinski definition) is 2. The maximum Gasteiger partial charge on any atom is 0.416 e. The summed E-state index contributed by atoms with van der Waals surface area (Å²) in [5.41, 5.74) is 0.252. The summed E-state index contributed by atoms with van der Waals surface area (Å²) in [4.78, 5) is 20.8. The molecular weight excluding hydrogens is 385 g/mol. The Hall–Kier alpha value is -3.62. The van der Waals surface area contributed by atoms with Gasteiger partial charge in [0.1, 0.15) is 5.82 Å². The zero-order chi connectivity index (χ0) is 20.9. The first-order valence-electron chi connectivity index (χ1n) is 8.53. The largest absolute Gasteiger partial charge is 0.481 e. The van der Waals surface area contributed by atoms with E-state index in [0.29, 0.717) is 18.2 Å². The first kappa shape index (κ1) is 20.1. The molecule has 1 aromatic carbocycles. The molecule has 0 aliphatic rings. The number of alkyl halides is 3. The SMILES string of the molecule is COc1cc(CNc2ncccc2C(=O)Nc2cccc(C(F)(F)F)c2)ccn1. The number of aromatic nitrogens is 2. The van der Waals surface area contributed by atoms with Crippen LogP contribution in [0.15, 0.2) is 60.9 Å². The molecule has 2 N–H and O–H groups in total. The van der Waals surface area contributed by atoms with Crippen LogP contribution in [-0.2, 0) is 12.7 Å². The first-order valence-corrected chi connectivity index (χ1v) is 8.53. The lowest BCUT2D eigenvalue weighted by atomic mass is 10.1. The van der Waals surface area contributed by atoms with Crippen molar-refractivity contribution in [2.45, 2.75) is 12.7 Å². The predicted molar refractivity (Wildman–Crippen MR) is 102 cm³/mol. The number of amides is 1. The fraction of sp³-hybridized carbons (Fsp3) is 0.150. The second-order valence-corrected chi connectivity index (χ2v) is 5.99. The van der Waals surface area contributed by atoms with Crippen molar-refractivity contribution in [2.24, 2.45) is 0 Å². The van der Waals surface area contributed by atoms with Gasteiger partial charge in [-0.25, -0.2) is 9.97 Å². The second kappa shape index (κ2) is 8.59. The molecule has 0 unspecified atom stereocenters. The minimum absolute atomic E-state index is 0.0403. The van der Waals surface area contributed by atoms with Crippen LogP contribution in [0.5, 0.6) is 5.88 Å². The van der Waals surface area contributed by atoms with Crippen molar-refractivity contribution in [3.63, 3.8) is 0 Å². The van der Waals surface area contributed by atoms with Crippen molar-refractivity contribution in [2.75, 3.05) is 17.7 Å². The van der Waals surface area contributed by atoms with Gasteiger partial charge in [0.05, 0.1) is 18.2 Å². The fourth-order valence-corrected chi connectivity index (χ4v) is 2.56. The Morgan fingerprint density at radius 3 is 2.66 bits per heavy atom. The normalized spacial score (nSPS) is 11.0. The minimum atomic E-state index is -4.49. The highest BCUT2D eigenvalue weighted by Gasteiger charge is 2.30.